The van der Waals surface area contributed by atoms with Gasteiger partial charge in [-0.05, 0) is 18.2 Å². The van der Waals surface area contributed by atoms with Crippen LogP contribution in [0.2, 0.25) is 5.02 Å². The predicted octanol–water partition coefficient (Wildman–Crippen LogP) is 1.53. The molecule has 0 atom stereocenters. The molecule has 0 bridgehead atoms. The molecule has 0 aromatic heterocycles. The van der Waals surface area contributed by atoms with E-state index < -0.39 is 0 Å². The molecule has 1 amide bonds. The maximum Gasteiger partial charge on any atom is 0.217 e. The second kappa shape index (κ2) is 5.28. The van der Waals surface area contributed by atoms with E-state index in [0.29, 0.717) is 10.6 Å². The summed E-state index contributed by atoms with van der Waals surface area (Å²) >= 11 is 5.73. The van der Waals surface area contributed by atoms with Gasteiger partial charge in [-0.1, -0.05) is 23.4 Å². The van der Waals surface area contributed by atoms with Gasteiger partial charge in [-0.3, -0.25) is 4.79 Å². The van der Waals surface area contributed by atoms with Crippen LogP contribution in [0.25, 0.3) is 0 Å². The number of aromatic hydroxyl groups is 1. The summed E-state index contributed by atoms with van der Waals surface area (Å²) in [6.07, 6.45) is 0. The second-order valence-corrected chi connectivity index (χ2v) is 3.31. The van der Waals surface area contributed by atoms with Gasteiger partial charge in [-0.15, -0.1) is 0 Å². The Balaban J connectivity index is 2.71. The highest BCUT2D eigenvalue weighted by Gasteiger charge is 1.97. The summed E-state index contributed by atoms with van der Waals surface area (Å²) in [5.74, 6) is 5.35. The van der Waals surface area contributed by atoms with Gasteiger partial charge < -0.3 is 10.4 Å². The van der Waals surface area contributed by atoms with E-state index in [1.165, 1.54) is 13.0 Å². The Bertz CT molecular complexity index is 432. The number of nitrogens with one attached hydrogen (secondary N) is 1. The molecule has 15 heavy (non-hydrogen) atoms. The maximum absolute atomic E-state index is 10.5. The molecule has 1 rings (SSSR count). The van der Waals surface area contributed by atoms with Crippen LogP contribution in [0.1, 0.15) is 12.5 Å². The number of hydrogen-bond acceptors (Lipinski definition) is 2. The van der Waals surface area contributed by atoms with E-state index in [2.05, 4.69) is 17.2 Å². The van der Waals surface area contributed by atoms with Gasteiger partial charge in [0.2, 0.25) is 5.91 Å². The third-order valence-corrected chi connectivity index (χ3v) is 1.84. The molecule has 4 heteroatoms. The monoisotopic (exact) mass is 223 g/mol. The second-order valence-electron chi connectivity index (χ2n) is 2.87. The van der Waals surface area contributed by atoms with Crippen molar-refractivity contribution in [3.8, 4) is 17.6 Å². The lowest BCUT2D eigenvalue weighted by molar-refractivity contribution is -0.118. The minimum atomic E-state index is -0.139. The van der Waals surface area contributed by atoms with Crippen LogP contribution in [0.3, 0.4) is 0 Å². The van der Waals surface area contributed by atoms with Gasteiger partial charge >= 0.3 is 0 Å². The molecule has 1 aromatic carbocycles. The number of benzene rings is 1. The number of hydrogen-bond donors (Lipinski definition) is 2. The summed E-state index contributed by atoms with van der Waals surface area (Å²) in [6, 6.07) is 4.62. The highest BCUT2D eigenvalue weighted by Crippen LogP contribution is 2.19. The SMILES string of the molecule is CC(=O)NCC#Cc1cc(Cl)ccc1O. The van der Waals surface area contributed by atoms with Crippen molar-refractivity contribution in [3.05, 3.63) is 28.8 Å². The lowest BCUT2D eigenvalue weighted by atomic mass is 10.2. The molecule has 2 N–H and O–H groups in total. The summed E-state index contributed by atoms with van der Waals surface area (Å²) < 4.78 is 0. The van der Waals surface area contributed by atoms with Crippen molar-refractivity contribution >= 4 is 17.5 Å². The first-order valence-electron chi connectivity index (χ1n) is 4.31. The van der Waals surface area contributed by atoms with E-state index in [9.17, 15) is 9.90 Å². The average molecular weight is 224 g/mol. The lowest BCUT2D eigenvalue weighted by Gasteiger charge is -1.96. The molecule has 3 nitrogen and oxygen atoms in total. The molecule has 0 aliphatic heterocycles. The molecule has 0 fully saturated rings. The smallest absolute Gasteiger partial charge is 0.217 e. The van der Waals surface area contributed by atoms with E-state index in [0.717, 1.165) is 0 Å². The van der Waals surface area contributed by atoms with Crippen LogP contribution < -0.4 is 5.32 Å². The Morgan fingerprint density at radius 3 is 3.00 bits per heavy atom. The number of phenols is 1. The predicted molar refractivity (Wildman–Crippen MR) is 58.7 cm³/mol. The minimum absolute atomic E-state index is 0.0784. The first-order valence-corrected chi connectivity index (χ1v) is 4.69. The van der Waals surface area contributed by atoms with Crippen LogP contribution in [-0.2, 0) is 4.79 Å². The number of halogens is 1. The first-order chi connectivity index (χ1) is 7.09. The molecule has 1 aromatic rings. The van der Waals surface area contributed by atoms with Crippen molar-refractivity contribution in [3.63, 3.8) is 0 Å². The number of carbonyl (C=O) groups is 1. The lowest BCUT2D eigenvalue weighted by Crippen LogP contribution is -2.19. The van der Waals surface area contributed by atoms with Crippen LogP contribution in [-0.4, -0.2) is 17.6 Å². The summed E-state index contributed by atoms with van der Waals surface area (Å²) in [5.41, 5.74) is 0.452. The van der Waals surface area contributed by atoms with Crippen molar-refractivity contribution in [1.29, 1.82) is 0 Å². The Morgan fingerprint density at radius 1 is 1.60 bits per heavy atom. The van der Waals surface area contributed by atoms with E-state index in [-0.39, 0.29) is 18.2 Å². The molecule has 0 saturated heterocycles. The summed E-state index contributed by atoms with van der Waals surface area (Å²) in [5, 5.41) is 12.4. The number of amides is 1. The van der Waals surface area contributed by atoms with Gasteiger partial charge in [0.15, 0.2) is 0 Å². The molecule has 0 unspecified atom stereocenters. The topological polar surface area (TPSA) is 49.3 Å². The number of phenolic OH excluding ortho intramolecular Hbond substituents is 1. The first kappa shape index (κ1) is 11.4. The highest BCUT2D eigenvalue weighted by molar-refractivity contribution is 6.30. The van der Waals surface area contributed by atoms with E-state index in [4.69, 9.17) is 11.6 Å². The van der Waals surface area contributed by atoms with E-state index in [1.807, 2.05) is 0 Å². The summed E-state index contributed by atoms with van der Waals surface area (Å²) in [7, 11) is 0. The standard InChI is InChI=1S/C11H10ClNO2/c1-8(14)13-6-2-3-9-7-10(12)4-5-11(9)15/h4-5,7,15H,6H2,1H3,(H,13,14). The quantitative estimate of drug-likeness (QED) is 0.710. The third-order valence-electron chi connectivity index (χ3n) is 1.61. The Labute approximate surface area is 93.1 Å². The van der Waals surface area contributed by atoms with E-state index >= 15 is 0 Å². The Hall–Kier alpha value is -1.66. The van der Waals surface area contributed by atoms with Gasteiger partial charge in [0, 0.05) is 11.9 Å². The zero-order valence-electron chi connectivity index (χ0n) is 8.17. The molecule has 0 aliphatic rings. The number of rotatable bonds is 1. The van der Waals surface area contributed by atoms with Gasteiger partial charge in [-0.25, -0.2) is 0 Å². The van der Waals surface area contributed by atoms with Crippen molar-refractivity contribution < 1.29 is 9.90 Å². The molecule has 78 valence electrons. The fourth-order valence-electron chi connectivity index (χ4n) is 0.916. The summed E-state index contributed by atoms with van der Waals surface area (Å²) in [4.78, 5) is 10.5. The van der Waals surface area contributed by atoms with Crippen LogP contribution in [0, 0.1) is 11.8 Å². The largest absolute Gasteiger partial charge is 0.507 e. The number of carbonyl (C=O) groups excluding carboxylic acids is 1. The zero-order valence-corrected chi connectivity index (χ0v) is 8.93. The van der Waals surface area contributed by atoms with Crippen LogP contribution in [0.4, 0.5) is 0 Å². The highest BCUT2D eigenvalue weighted by atomic mass is 35.5. The molecule has 0 heterocycles. The summed E-state index contributed by atoms with van der Waals surface area (Å²) in [6.45, 7) is 1.67. The average Bonchev–Trinajstić information content (AvgIpc) is 2.17. The van der Waals surface area contributed by atoms with Gasteiger partial charge in [-0.2, -0.15) is 0 Å². The molecule has 0 radical (unpaired) electrons. The van der Waals surface area contributed by atoms with Crippen LogP contribution in [0.5, 0.6) is 5.75 Å². The minimum Gasteiger partial charge on any atom is -0.507 e. The fraction of sp³-hybridized carbons (Fsp3) is 0.182. The van der Waals surface area contributed by atoms with Gasteiger partial charge in [0.25, 0.3) is 0 Å². The zero-order chi connectivity index (χ0) is 11.3. The van der Waals surface area contributed by atoms with Gasteiger partial charge in [0.1, 0.15) is 5.75 Å². The van der Waals surface area contributed by atoms with E-state index in [1.54, 1.807) is 12.1 Å². The molecular weight excluding hydrogens is 214 g/mol. The van der Waals surface area contributed by atoms with Crippen molar-refractivity contribution in [2.75, 3.05) is 6.54 Å². The van der Waals surface area contributed by atoms with Crippen LogP contribution >= 0.6 is 11.6 Å². The molecule has 0 aliphatic carbocycles. The van der Waals surface area contributed by atoms with Crippen molar-refractivity contribution in [1.82, 2.24) is 5.32 Å². The van der Waals surface area contributed by atoms with Crippen molar-refractivity contribution in [2.24, 2.45) is 0 Å². The molecule has 0 saturated carbocycles. The Morgan fingerprint density at radius 2 is 2.33 bits per heavy atom. The van der Waals surface area contributed by atoms with Gasteiger partial charge in [0.05, 0.1) is 12.1 Å². The fourth-order valence-corrected chi connectivity index (χ4v) is 1.09. The van der Waals surface area contributed by atoms with Crippen LogP contribution in [0.15, 0.2) is 18.2 Å². The normalized spacial score (nSPS) is 8.93. The third kappa shape index (κ3) is 3.92. The van der Waals surface area contributed by atoms with Crippen molar-refractivity contribution in [2.45, 2.75) is 6.92 Å². The maximum atomic E-state index is 10.5. The Kier molecular flexibility index (Phi) is 4.02. The molecular formula is C11H10ClNO2. The molecule has 0 spiro atoms.